The van der Waals surface area contributed by atoms with E-state index in [1.807, 2.05) is 0 Å². The maximum atomic E-state index is 11.9. The third kappa shape index (κ3) is 3.58. The molecule has 0 aliphatic heterocycles. The quantitative estimate of drug-likeness (QED) is 0.281. The number of aromatic nitrogens is 1. The topological polar surface area (TPSA) is 73.1 Å². The van der Waals surface area contributed by atoms with Crippen molar-refractivity contribution in [2.24, 2.45) is 0 Å². The van der Waals surface area contributed by atoms with Crippen molar-refractivity contribution in [3.63, 3.8) is 0 Å². The highest BCUT2D eigenvalue weighted by Crippen LogP contribution is 2.13. The van der Waals surface area contributed by atoms with Gasteiger partial charge in [-0.3, -0.25) is 14.9 Å². The van der Waals surface area contributed by atoms with Crippen LogP contribution in [0.2, 0.25) is 0 Å². The summed E-state index contributed by atoms with van der Waals surface area (Å²) in [5.74, 6) is -0.232. The fraction of sp³-hybridized carbons (Fsp3) is 0. The zero-order valence-corrected chi connectivity index (χ0v) is 11.8. The van der Waals surface area contributed by atoms with Crippen LogP contribution in [-0.2, 0) is 0 Å². The number of hydrogen-bond donors (Lipinski definition) is 0. The Morgan fingerprint density at radius 1 is 1.20 bits per heavy atom. The second-order valence-electron chi connectivity index (χ2n) is 3.89. The number of hydrogen-bond acceptors (Lipinski definition) is 4. The van der Waals surface area contributed by atoms with Crippen LogP contribution < -0.4 is 0 Å². The van der Waals surface area contributed by atoms with Crippen molar-refractivity contribution in [1.82, 2.24) is 4.98 Å². The van der Waals surface area contributed by atoms with E-state index in [0.717, 1.165) is 0 Å². The molecule has 0 saturated carbocycles. The van der Waals surface area contributed by atoms with Gasteiger partial charge in [0, 0.05) is 12.1 Å². The number of nitro benzene ring substituents is 1. The van der Waals surface area contributed by atoms with E-state index >= 15 is 0 Å². The van der Waals surface area contributed by atoms with Gasteiger partial charge in [0.2, 0.25) is 5.78 Å². The minimum absolute atomic E-state index is 0.0159. The molecule has 1 aromatic heterocycles. The number of ketones is 1. The van der Waals surface area contributed by atoms with Gasteiger partial charge in [-0.1, -0.05) is 12.1 Å². The number of non-ortho nitro benzene ring substituents is 1. The van der Waals surface area contributed by atoms with E-state index in [2.05, 4.69) is 20.9 Å². The number of nitrogens with zero attached hydrogens (tertiary/aromatic N) is 2. The fourth-order valence-corrected chi connectivity index (χ4v) is 1.85. The van der Waals surface area contributed by atoms with Crippen LogP contribution in [0.5, 0.6) is 0 Å². The van der Waals surface area contributed by atoms with Gasteiger partial charge in [0.25, 0.3) is 5.69 Å². The highest BCUT2D eigenvalue weighted by atomic mass is 79.9. The maximum Gasteiger partial charge on any atom is 0.269 e. The molecule has 2 aromatic rings. The fourth-order valence-electron chi connectivity index (χ4n) is 1.51. The first-order valence-electron chi connectivity index (χ1n) is 5.66. The largest absolute Gasteiger partial charge is 0.288 e. The normalized spacial score (nSPS) is 10.7. The van der Waals surface area contributed by atoms with Crippen LogP contribution in [-0.4, -0.2) is 15.7 Å². The molecule has 0 radical (unpaired) electrons. The number of pyridine rings is 1. The molecule has 0 amide bonds. The molecule has 0 aliphatic carbocycles. The van der Waals surface area contributed by atoms with Gasteiger partial charge in [-0.2, -0.15) is 0 Å². The zero-order valence-electron chi connectivity index (χ0n) is 10.2. The van der Waals surface area contributed by atoms with Gasteiger partial charge in [0.15, 0.2) is 0 Å². The zero-order chi connectivity index (χ0) is 14.5. The molecule has 0 bridgehead atoms. The summed E-state index contributed by atoms with van der Waals surface area (Å²) in [5.41, 5.74) is 1.05. The lowest BCUT2D eigenvalue weighted by molar-refractivity contribution is -0.384. The Labute approximate surface area is 123 Å². The Balaban J connectivity index is 2.13. The summed E-state index contributed by atoms with van der Waals surface area (Å²) < 4.78 is 0.590. The minimum atomic E-state index is -0.468. The summed E-state index contributed by atoms with van der Waals surface area (Å²) in [6.07, 6.45) is 2.98. The van der Waals surface area contributed by atoms with Crippen LogP contribution in [0.15, 0.2) is 53.1 Å². The van der Waals surface area contributed by atoms with Crippen molar-refractivity contribution in [1.29, 1.82) is 0 Å². The van der Waals surface area contributed by atoms with Crippen LogP contribution in [0.1, 0.15) is 16.1 Å². The van der Waals surface area contributed by atoms with Gasteiger partial charge >= 0.3 is 0 Å². The first kappa shape index (κ1) is 14.1. The molecular weight excluding hydrogens is 324 g/mol. The lowest BCUT2D eigenvalue weighted by Gasteiger charge is -1.96. The molecule has 0 unspecified atom stereocenters. The highest BCUT2D eigenvalue weighted by Gasteiger charge is 2.05. The van der Waals surface area contributed by atoms with Crippen molar-refractivity contribution < 1.29 is 9.72 Å². The third-order valence-corrected chi connectivity index (χ3v) is 2.94. The molecule has 20 heavy (non-hydrogen) atoms. The van der Waals surface area contributed by atoms with E-state index < -0.39 is 4.92 Å². The predicted molar refractivity (Wildman–Crippen MR) is 78.4 cm³/mol. The van der Waals surface area contributed by atoms with Crippen molar-refractivity contribution in [2.75, 3.05) is 0 Å². The number of halogens is 1. The number of allylic oxidation sites excluding steroid dienone is 1. The molecule has 0 fully saturated rings. The van der Waals surface area contributed by atoms with Crippen LogP contribution >= 0.6 is 15.9 Å². The molecule has 0 N–H and O–H groups in total. The van der Waals surface area contributed by atoms with E-state index in [0.29, 0.717) is 15.9 Å². The van der Waals surface area contributed by atoms with Crippen LogP contribution in [0, 0.1) is 10.1 Å². The standard InChI is InChI=1S/C14H9BrN2O3/c15-14-3-1-2-12(16-14)13(18)9-6-10-4-7-11(8-5-10)17(19)20/h1-9H. The second-order valence-corrected chi connectivity index (χ2v) is 4.70. The molecule has 0 spiro atoms. The van der Waals surface area contributed by atoms with Crippen LogP contribution in [0.4, 0.5) is 5.69 Å². The summed E-state index contributed by atoms with van der Waals surface area (Å²) in [7, 11) is 0. The number of nitro groups is 1. The van der Waals surface area contributed by atoms with E-state index in [1.54, 1.807) is 36.4 Å². The van der Waals surface area contributed by atoms with Crippen molar-refractivity contribution >= 4 is 33.5 Å². The molecule has 100 valence electrons. The Bertz CT molecular complexity index is 681. The van der Waals surface area contributed by atoms with Crippen molar-refractivity contribution in [3.05, 3.63) is 74.5 Å². The monoisotopic (exact) mass is 332 g/mol. The highest BCUT2D eigenvalue weighted by molar-refractivity contribution is 9.10. The summed E-state index contributed by atoms with van der Waals surface area (Å²) in [6, 6.07) is 11.0. The average molecular weight is 333 g/mol. The molecule has 0 aliphatic rings. The third-order valence-electron chi connectivity index (χ3n) is 2.50. The minimum Gasteiger partial charge on any atom is -0.288 e. The summed E-state index contributed by atoms with van der Waals surface area (Å²) in [4.78, 5) is 26.0. The molecule has 0 atom stereocenters. The van der Waals surface area contributed by atoms with Gasteiger partial charge in [-0.15, -0.1) is 0 Å². The lowest BCUT2D eigenvalue weighted by atomic mass is 10.1. The Morgan fingerprint density at radius 2 is 1.90 bits per heavy atom. The first-order valence-corrected chi connectivity index (χ1v) is 6.45. The molecule has 5 nitrogen and oxygen atoms in total. The van der Waals surface area contributed by atoms with Crippen LogP contribution in [0.3, 0.4) is 0 Å². The molecule has 0 saturated heterocycles. The molecular formula is C14H9BrN2O3. The molecule has 2 rings (SSSR count). The average Bonchev–Trinajstić information content (AvgIpc) is 2.45. The van der Waals surface area contributed by atoms with Gasteiger partial charge in [0.1, 0.15) is 10.3 Å². The molecule has 1 aromatic carbocycles. The van der Waals surface area contributed by atoms with Gasteiger partial charge in [0.05, 0.1) is 4.92 Å². The molecule has 6 heteroatoms. The summed E-state index contributed by atoms with van der Waals surface area (Å²) in [6.45, 7) is 0. The second kappa shape index (κ2) is 6.21. The summed E-state index contributed by atoms with van der Waals surface area (Å²) >= 11 is 3.20. The number of rotatable bonds is 4. The Kier molecular flexibility index (Phi) is 4.37. The molecule has 1 heterocycles. The Morgan fingerprint density at radius 3 is 2.50 bits per heavy atom. The smallest absolute Gasteiger partial charge is 0.269 e. The lowest BCUT2D eigenvalue weighted by Crippen LogP contribution is -1.97. The van der Waals surface area contributed by atoms with Gasteiger partial charge in [-0.05, 0) is 51.8 Å². The first-order chi connectivity index (χ1) is 9.56. The SMILES string of the molecule is O=C(C=Cc1ccc([N+](=O)[O-])cc1)c1cccc(Br)n1. The van der Waals surface area contributed by atoms with E-state index in [4.69, 9.17) is 0 Å². The number of benzene rings is 1. The van der Waals surface area contributed by atoms with E-state index in [1.165, 1.54) is 18.2 Å². The van der Waals surface area contributed by atoms with E-state index in [-0.39, 0.29) is 11.5 Å². The number of carbonyl (C=O) groups excluding carboxylic acids is 1. The van der Waals surface area contributed by atoms with Crippen molar-refractivity contribution in [2.45, 2.75) is 0 Å². The summed E-state index contributed by atoms with van der Waals surface area (Å²) in [5, 5.41) is 10.5. The maximum absolute atomic E-state index is 11.9. The Hall–Kier alpha value is -2.34. The van der Waals surface area contributed by atoms with Crippen LogP contribution in [0.25, 0.3) is 6.08 Å². The van der Waals surface area contributed by atoms with E-state index in [9.17, 15) is 14.9 Å². The van der Waals surface area contributed by atoms with Crippen molar-refractivity contribution in [3.8, 4) is 0 Å². The van der Waals surface area contributed by atoms with Gasteiger partial charge in [-0.25, -0.2) is 4.98 Å². The van der Waals surface area contributed by atoms with Gasteiger partial charge < -0.3 is 0 Å². The number of carbonyl (C=O) groups is 1. The predicted octanol–water partition coefficient (Wildman–Crippen LogP) is 3.65.